The van der Waals surface area contributed by atoms with E-state index in [1.54, 1.807) is 25.1 Å². The minimum Gasteiger partial charge on any atom is -0.486 e. The van der Waals surface area contributed by atoms with Gasteiger partial charge in [0, 0.05) is 12.6 Å². The number of ether oxygens (including phenoxy) is 2. The fourth-order valence-electron chi connectivity index (χ4n) is 2.60. The summed E-state index contributed by atoms with van der Waals surface area (Å²) in [6.07, 6.45) is -0.534. The molecule has 0 amide bonds. The van der Waals surface area contributed by atoms with Gasteiger partial charge in [-0.25, -0.2) is 17.2 Å². The Morgan fingerprint density at radius 2 is 1.88 bits per heavy atom. The topological polar surface area (TPSA) is 55.8 Å². The molecule has 1 aliphatic heterocycles. The zero-order valence-electron chi connectivity index (χ0n) is 13.5. The number of rotatable bonds is 5. The zero-order chi connectivity index (χ0) is 18.0. The lowest BCUT2D eigenvalue weighted by Gasteiger charge is -2.30. The van der Waals surface area contributed by atoms with E-state index in [0.29, 0.717) is 17.6 Å². The Morgan fingerprint density at radius 1 is 1.16 bits per heavy atom. The van der Waals surface area contributed by atoms with Gasteiger partial charge >= 0.3 is 0 Å². The molecule has 8 heteroatoms. The molecule has 0 N–H and O–H groups in total. The third kappa shape index (κ3) is 3.59. The molecule has 0 fully saturated rings. The van der Waals surface area contributed by atoms with Crippen molar-refractivity contribution in [2.75, 3.05) is 19.7 Å². The van der Waals surface area contributed by atoms with Gasteiger partial charge in [-0.05, 0) is 24.3 Å². The van der Waals surface area contributed by atoms with E-state index in [4.69, 9.17) is 9.47 Å². The molecule has 5 nitrogen and oxygen atoms in total. The van der Waals surface area contributed by atoms with Crippen molar-refractivity contribution in [2.45, 2.75) is 17.9 Å². The molecule has 2 aromatic carbocycles. The second-order valence-corrected chi connectivity index (χ2v) is 7.43. The van der Waals surface area contributed by atoms with Crippen LogP contribution < -0.4 is 9.47 Å². The number of hydrogen-bond acceptors (Lipinski definition) is 4. The van der Waals surface area contributed by atoms with Crippen LogP contribution in [0.3, 0.4) is 0 Å². The van der Waals surface area contributed by atoms with Crippen molar-refractivity contribution in [3.05, 3.63) is 54.1 Å². The highest BCUT2D eigenvalue weighted by Gasteiger charge is 2.31. The van der Waals surface area contributed by atoms with E-state index < -0.39 is 32.7 Å². The number of nitrogens with zero attached hydrogens (tertiary/aromatic N) is 1. The van der Waals surface area contributed by atoms with Crippen molar-refractivity contribution in [1.82, 2.24) is 4.31 Å². The molecule has 1 atom stereocenters. The van der Waals surface area contributed by atoms with Gasteiger partial charge in [-0.1, -0.05) is 19.1 Å². The number of hydrogen-bond donors (Lipinski definition) is 0. The van der Waals surface area contributed by atoms with E-state index in [9.17, 15) is 17.2 Å². The highest BCUT2D eigenvalue weighted by atomic mass is 32.2. The average Bonchev–Trinajstić information content (AvgIpc) is 2.59. The molecule has 0 aromatic heterocycles. The molecule has 0 bridgehead atoms. The van der Waals surface area contributed by atoms with Crippen LogP contribution in [0.5, 0.6) is 11.5 Å². The highest BCUT2D eigenvalue weighted by molar-refractivity contribution is 7.89. The molecule has 2 aromatic rings. The fourth-order valence-corrected chi connectivity index (χ4v) is 4.13. The Hall–Kier alpha value is -2.19. The van der Waals surface area contributed by atoms with Gasteiger partial charge in [0.05, 0.1) is 6.54 Å². The van der Waals surface area contributed by atoms with Crippen molar-refractivity contribution in [3.63, 3.8) is 0 Å². The molecule has 0 saturated carbocycles. The van der Waals surface area contributed by atoms with Crippen LogP contribution in [0, 0.1) is 11.6 Å². The van der Waals surface area contributed by atoms with Crippen molar-refractivity contribution in [2.24, 2.45) is 0 Å². The number of sulfonamides is 1. The van der Waals surface area contributed by atoms with Gasteiger partial charge in [0.2, 0.25) is 10.0 Å². The Bertz CT molecular complexity index is 873. The van der Waals surface area contributed by atoms with Crippen LogP contribution in [-0.4, -0.2) is 38.5 Å². The minimum atomic E-state index is -4.12. The van der Waals surface area contributed by atoms with Crippen molar-refractivity contribution in [1.29, 1.82) is 0 Å². The predicted molar refractivity (Wildman–Crippen MR) is 87.1 cm³/mol. The molecule has 0 saturated heterocycles. The molecule has 0 aliphatic carbocycles. The van der Waals surface area contributed by atoms with E-state index in [0.717, 1.165) is 16.4 Å². The van der Waals surface area contributed by atoms with Crippen LogP contribution in [0.4, 0.5) is 8.78 Å². The molecular weight excluding hydrogens is 352 g/mol. The summed E-state index contributed by atoms with van der Waals surface area (Å²) in [4.78, 5) is -0.562. The third-order valence-electron chi connectivity index (χ3n) is 3.84. The largest absolute Gasteiger partial charge is 0.486 e. The lowest BCUT2D eigenvalue weighted by molar-refractivity contribution is 0.0771. The molecule has 0 radical (unpaired) electrons. The van der Waals surface area contributed by atoms with Crippen molar-refractivity contribution in [3.8, 4) is 11.5 Å². The molecule has 25 heavy (non-hydrogen) atoms. The lowest BCUT2D eigenvalue weighted by atomic mass is 10.2. The Morgan fingerprint density at radius 3 is 2.56 bits per heavy atom. The Kier molecular flexibility index (Phi) is 4.91. The summed E-state index contributed by atoms with van der Waals surface area (Å²) in [5, 5.41) is 0. The average molecular weight is 369 g/mol. The predicted octanol–water partition coefficient (Wildman–Crippen LogP) is 2.82. The van der Waals surface area contributed by atoms with Gasteiger partial charge in [-0.15, -0.1) is 0 Å². The van der Waals surface area contributed by atoms with Crippen LogP contribution >= 0.6 is 0 Å². The zero-order valence-corrected chi connectivity index (χ0v) is 14.3. The van der Waals surface area contributed by atoms with Crippen molar-refractivity contribution >= 4 is 10.0 Å². The second kappa shape index (κ2) is 6.97. The standard InChI is InChI=1S/C17H17F2NO4S/c1-2-20(25(21,22)17-8-7-12(18)9-14(17)19)10-13-11-23-15-5-3-4-6-16(15)24-13/h3-9,13H,2,10-11H2,1H3/t13-/m0/s1. The fraction of sp³-hybridized carbons (Fsp3) is 0.294. The van der Waals surface area contributed by atoms with E-state index in [-0.39, 0.29) is 19.7 Å². The summed E-state index contributed by atoms with van der Waals surface area (Å²) in [6.45, 7) is 1.91. The SMILES string of the molecule is CCN(C[C@H]1COc2ccccc2O1)S(=O)(=O)c1ccc(F)cc1F. The Balaban J connectivity index is 1.81. The van der Waals surface area contributed by atoms with Gasteiger partial charge in [0.1, 0.15) is 29.2 Å². The van der Waals surface area contributed by atoms with Gasteiger partial charge in [-0.3, -0.25) is 0 Å². The first kappa shape index (κ1) is 17.6. The summed E-state index contributed by atoms with van der Waals surface area (Å²) in [7, 11) is -4.12. The first-order valence-electron chi connectivity index (χ1n) is 7.75. The lowest BCUT2D eigenvalue weighted by Crippen LogP contribution is -2.43. The maximum absolute atomic E-state index is 13.9. The number of fused-ring (bicyclic) bond motifs is 1. The minimum absolute atomic E-state index is 0.00994. The molecule has 1 aliphatic rings. The van der Waals surface area contributed by atoms with Gasteiger partial charge in [-0.2, -0.15) is 4.31 Å². The number of likely N-dealkylation sites (N-methyl/N-ethyl adjacent to an activating group) is 1. The summed E-state index contributed by atoms with van der Waals surface area (Å²) >= 11 is 0. The monoisotopic (exact) mass is 369 g/mol. The maximum atomic E-state index is 13.9. The highest BCUT2D eigenvalue weighted by Crippen LogP contribution is 2.31. The molecule has 1 heterocycles. The smallest absolute Gasteiger partial charge is 0.246 e. The summed E-state index contributed by atoms with van der Waals surface area (Å²) in [5.74, 6) is -0.834. The first-order valence-corrected chi connectivity index (χ1v) is 9.19. The number of para-hydroxylation sites is 2. The maximum Gasteiger partial charge on any atom is 0.246 e. The normalized spacial score (nSPS) is 16.9. The first-order chi connectivity index (χ1) is 11.9. The molecule has 134 valence electrons. The number of halogens is 2. The quantitative estimate of drug-likeness (QED) is 0.813. The summed E-state index contributed by atoms with van der Waals surface area (Å²) < 4.78 is 64.7. The Labute approximate surface area is 144 Å². The van der Waals surface area contributed by atoms with E-state index in [1.165, 1.54) is 0 Å². The summed E-state index contributed by atoms with van der Waals surface area (Å²) in [5.41, 5.74) is 0. The number of benzene rings is 2. The second-order valence-electron chi connectivity index (χ2n) is 5.53. The molecule has 0 unspecified atom stereocenters. The molecule has 0 spiro atoms. The van der Waals surface area contributed by atoms with E-state index in [1.807, 2.05) is 6.07 Å². The van der Waals surface area contributed by atoms with Crippen LogP contribution in [0.15, 0.2) is 47.4 Å². The summed E-state index contributed by atoms with van der Waals surface area (Å²) in [6, 6.07) is 9.47. The van der Waals surface area contributed by atoms with Crippen molar-refractivity contribution < 1.29 is 26.7 Å². The van der Waals surface area contributed by atoms with Gasteiger partial charge in [0.25, 0.3) is 0 Å². The molecule has 3 rings (SSSR count). The van der Waals surface area contributed by atoms with Gasteiger partial charge < -0.3 is 9.47 Å². The van der Waals surface area contributed by atoms with E-state index in [2.05, 4.69) is 0 Å². The molecular formula is C17H17F2NO4S. The van der Waals surface area contributed by atoms with Gasteiger partial charge in [0.15, 0.2) is 11.5 Å². The van der Waals surface area contributed by atoms with E-state index >= 15 is 0 Å². The van der Waals surface area contributed by atoms with Crippen LogP contribution in [-0.2, 0) is 10.0 Å². The third-order valence-corrected chi connectivity index (χ3v) is 5.81. The van der Waals surface area contributed by atoms with Crippen LogP contribution in [0.2, 0.25) is 0 Å². The van der Waals surface area contributed by atoms with Crippen LogP contribution in [0.1, 0.15) is 6.92 Å². The van der Waals surface area contributed by atoms with Crippen LogP contribution in [0.25, 0.3) is 0 Å².